The van der Waals surface area contributed by atoms with Crippen molar-refractivity contribution >= 4 is 17.3 Å². The van der Waals surface area contributed by atoms with Crippen LogP contribution in [0.25, 0.3) is 0 Å². The van der Waals surface area contributed by atoms with Crippen molar-refractivity contribution in [3.63, 3.8) is 0 Å². The van der Waals surface area contributed by atoms with E-state index in [9.17, 15) is 0 Å². The molecule has 0 amide bonds. The van der Waals surface area contributed by atoms with Crippen molar-refractivity contribution in [1.82, 2.24) is 5.32 Å². The number of hydrogen-bond donors (Lipinski definition) is 1. The van der Waals surface area contributed by atoms with Gasteiger partial charge in [-0.3, -0.25) is 0 Å². The van der Waals surface area contributed by atoms with Crippen LogP contribution in [0.2, 0.25) is 5.02 Å². The SMILES string of the molecule is Clc1cc2c(c(N3CCOCC3)c1)CNCC2. The molecular formula is C13H17ClN2O. The zero-order chi connectivity index (χ0) is 11.7. The Balaban J connectivity index is 1.98. The molecule has 3 rings (SSSR count). The summed E-state index contributed by atoms with van der Waals surface area (Å²) >= 11 is 6.22. The lowest BCUT2D eigenvalue weighted by Gasteiger charge is -2.33. The van der Waals surface area contributed by atoms with Crippen molar-refractivity contribution in [3.8, 4) is 0 Å². The van der Waals surface area contributed by atoms with E-state index < -0.39 is 0 Å². The first kappa shape index (κ1) is 11.3. The molecule has 1 N–H and O–H groups in total. The highest BCUT2D eigenvalue weighted by molar-refractivity contribution is 6.31. The van der Waals surface area contributed by atoms with Crippen molar-refractivity contribution in [3.05, 3.63) is 28.3 Å². The third kappa shape index (κ3) is 2.28. The monoisotopic (exact) mass is 252 g/mol. The summed E-state index contributed by atoms with van der Waals surface area (Å²) in [6.07, 6.45) is 1.08. The summed E-state index contributed by atoms with van der Waals surface area (Å²) in [6.45, 7) is 5.57. The van der Waals surface area contributed by atoms with Crippen molar-refractivity contribution < 1.29 is 4.74 Å². The van der Waals surface area contributed by atoms with Gasteiger partial charge in [0, 0.05) is 30.3 Å². The summed E-state index contributed by atoms with van der Waals surface area (Å²) in [7, 11) is 0. The number of fused-ring (bicyclic) bond motifs is 1. The molecule has 0 aromatic heterocycles. The van der Waals surface area contributed by atoms with E-state index in [1.165, 1.54) is 16.8 Å². The van der Waals surface area contributed by atoms with Crippen LogP contribution in [-0.2, 0) is 17.7 Å². The van der Waals surface area contributed by atoms with Gasteiger partial charge in [-0.1, -0.05) is 11.6 Å². The molecule has 0 saturated carbocycles. The van der Waals surface area contributed by atoms with E-state index >= 15 is 0 Å². The zero-order valence-corrected chi connectivity index (χ0v) is 10.6. The minimum Gasteiger partial charge on any atom is -0.378 e. The average Bonchev–Trinajstić information content (AvgIpc) is 2.39. The summed E-state index contributed by atoms with van der Waals surface area (Å²) in [5, 5.41) is 4.29. The minimum absolute atomic E-state index is 0.814. The van der Waals surface area contributed by atoms with Crippen LogP contribution in [0.4, 0.5) is 5.69 Å². The van der Waals surface area contributed by atoms with Crippen LogP contribution >= 0.6 is 11.6 Å². The van der Waals surface area contributed by atoms with Crippen LogP contribution in [0.5, 0.6) is 0 Å². The number of ether oxygens (including phenoxy) is 1. The maximum Gasteiger partial charge on any atom is 0.0642 e. The summed E-state index contributed by atoms with van der Waals surface area (Å²) < 4.78 is 5.41. The molecule has 2 heterocycles. The largest absolute Gasteiger partial charge is 0.378 e. The van der Waals surface area contributed by atoms with Gasteiger partial charge in [-0.25, -0.2) is 0 Å². The van der Waals surface area contributed by atoms with Gasteiger partial charge in [-0.15, -0.1) is 0 Å². The number of morpholine rings is 1. The first-order valence-electron chi connectivity index (χ1n) is 6.19. The van der Waals surface area contributed by atoms with E-state index in [4.69, 9.17) is 16.3 Å². The highest BCUT2D eigenvalue weighted by Gasteiger charge is 2.19. The highest BCUT2D eigenvalue weighted by atomic mass is 35.5. The van der Waals surface area contributed by atoms with Crippen LogP contribution in [0.3, 0.4) is 0 Å². The summed E-state index contributed by atoms with van der Waals surface area (Å²) in [6, 6.07) is 4.21. The Morgan fingerprint density at radius 2 is 2.06 bits per heavy atom. The number of halogens is 1. The lowest BCUT2D eigenvalue weighted by atomic mass is 9.98. The number of hydrogen-bond acceptors (Lipinski definition) is 3. The Labute approximate surface area is 107 Å². The fraction of sp³-hybridized carbons (Fsp3) is 0.538. The molecule has 4 heteroatoms. The molecule has 0 spiro atoms. The second-order valence-corrected chi connectivity index (χ2v) is 5.03. The Morgan fingerprint density at radius 3 is 2.88 bits per heavy atom. The van der Waals surface area contributed by atoms with Crippen LogP contribution in [0.15, 0.2) is 12.1 Å². The van der Waals surface area contributed by atoms with Gasteiger partial charge in [0.1, 0.15) is 0 Å². The second kappa shape index (κ2) is 4.84. The molecule has 0 aliphatic carbocycles. The standard InChI is InChI=1S/C13H17ClN2O/c14-11-7-10-1-2-15-9-12(10)13(8-11)16-3-5-17-6-4-16/h7-8,15H,1-6,9H2. The van der Waals surface area contributed by atoms with Gasteiger partial charge < -0.3 is 15.0 Å². The number of nitrogens with zero attached hydrogens (tertiary/aromatic N) is 1. The van der Waals surface area contributed by atoms with Gasteiger partial charge in [0.25, 0.3) is 0 Å². The zero-order valence-electron chi connectivity index (χ0n) is 9.84. The molecule has 2 aliphatic rings. The van der Waals surface area contributed by atoms with Gasteiger partial charge in [0.05, 0.1) is 13.2 Å². The molecular weight excluding hydrogens is 236 g/mol. The van der Waals surface area contributed by atoms with E-state index in [1.807, 2.05) is 0 Å². The van der Waals surface area contributed by atoms with E-state index in [-0.39, 0.29) is 0 Å². The van der Waals surface area contributed by atoms with E-state index in [2.05, 4.69) is 22.3 Å². The normalized spacial score (nSPS) is 20.2. The molecule has 0 radical (unpaired) electrons. The van der Waals surface area contributed by atoms with Gasteiger partial charge >= 0.3 is 0 Å². The highest BCUT2D eigenvalue weighted by Crippen LogP contribution is 2.31. The Hall–Kier alpha value is -0.770. The Bertz CT molecular complexity index is 416. The fourth-order valence-corrected chi connectivity index (χ4v) is 2.86. The number of nitrogens with one attached hydrogen (secondary N) is 1. The first-order chi connectivity index (χ1) is 8.34. The quantitative estimate of drug-likeness (QED) is 0.825. The molecule has 1 saturated heterocycles. The first-order valence-corrected chi connectivity index (χ1v) is 6.57. The summed E-state index contributed by atoms with van der Waals surface area (Å²) in [5.74, 6) is 0. The molecule has 0 bridgehead atoms. The van der Waals surface area contributed by atoms with Crippen molar-refractivity contribution in [2.24, 2.45) is 0 Å². The maximum atomic E-state index is 6.22. The Kier molecular flexibility index (Phi) is 3.23. The maximum absolute atomic E-state index is 6.22. The molecule has 1 aromatic rings. The van der Waals surface area contributed by atoms with Crippen molar-refractivity contribution in [2.75, 3.05) is 37.7 Å². The van der Waals surface area contributed by atoms with E-state index in [0.29, 0.717) is 0 Å². The average molecular weight is 253 g/mol. The topological polar surface area (TPSA) is 24.5 Å². The molecule has 3 nitrogen and oxygen atoms in total. The second-order valence-electron chi connectivity index (χ2n) is 4.59. The lowest BCUT2D eigenvalue weighted by Crippen LogP contribution is -2.38. The molecule has 1 aromatic carbocycles. The Morgan fingerprint density at radius 1 is 1.24 bits per heavy atom. The molecule has 2 aliphatic heterocycles. The minimum atomic E-state index is 0.814. The van der Waals surface area contributed by atoms with Crippen LogP contribution in [0, 0.1) is 0 Å². The fourth-order valence-electron chi connectivity index (χ4n) is 2.63. The summed E-state index contributed by atoms with van der Waals surface area (Å²) in [4.78, 5) is 2.39. The van der Waals surface area contributed by atoms with Gasteiger partial charge in [-0.05, 0) is 36.2 Å². The van der Waals surface area contributed by atoms with Crippen LogP contribution in [0.1, 0.15) is 11.1 Å². The number of benzene rings is 1. The lowest BCUT2D eigenvalue weighted by molar-refractivity contribution is 0.122. The third-order valence-electron chi connectivity index (χ3n) is 3.51. The van der Waals surface area contributed by atoms with E-state index in [0.717, 1.165) is 50.8 Å². The smallest absolute Gasteiger partial charge is 0.0642 e. The van der Waals surface area contributed by atoms with Crippen molar-refractivity contribution in [1.29, 1.82) is 0 Å². The van der Waals surface area contributed by atoms with Gasteiger partial charge in [0.15, 0.2) is 0 Å². The van der Waals surface area contributed by atoms with Gasteiger partial charge in [0.2, 0.25) is 0 Å². The van der Waals surface area contributed by atoms with Crippen LogP contribution in [-0.4, -0.2) is 32.8 Å². The number of anilines is 1. The van der Waals surface area contributed by atoms with Gasteiger partial charge in [-0.2, -0.15) is 0 Å². The number of rotatable bonds is 1. The molecule has 1 fully saturated rings. The molecule has 0 unspecified atom stereocenters. The predicted molar refractivity (Wildman–Crippen MR) is 69.9 cm³/mol. The van der Waals surface area contributed by atoms with E-state index in [1.54, 1.807) is 0 Å². The molecule has 17 heavy (non-hydrogen) atoms. The third-order valence-corrected chi connectivity index (χ3v) is 3.73. The van der Waals surface area contributed by atoms with Crippen LogP contribution < -0.4 is 10.2 Å². The van der Waals surface area contributed by atoms with Crippen molar-refractivity contribution in [2.45, 2.75) is 13.0 Å². The molecule has 0 atom stereocenters. The predicted octanol–water partition coefficient (Wildman–Crippen LogP) is 1.82. The summed E-state index contributed by atoms with van der Waals surface area (Å²) in [5.41, 5.74) is 4.11. The molecule has 92 valence electrons.